The van der Waals surface area contributed by atoms with Crippen LogP contribution in [0.4, 0.5) is 0 Å². The third kappa shape index (κ3) is 1.84. The number of rotatable bonds is 0. The van der Waals surface area contributed by atoms with E-state index in [4.69, 9.17) is 0 Å². The van der Waals surface area contributed by atoms with Gasteiger partial charge in [-0.2, -0.15) is 0 Å². The second kappa shape index (κ2) is 5.43. The quantitative estimate of drug-likeness (QED) is 0.233. The molecule has 4 aromatic carbocycles. The van der Waals surface area contributed by atoms with E-state index in [1.54, 1.807) is 17.4 Å². The Balaban J connectivity index is 1.89. The Morgan fingerprint density at radius 1 is 0.533 bits per heavy atom. The fourth-order valence-electron chi connectivity index (χ4n) is 4.80. The van der Waals surface area contributed by atoms with Gasteiger partial charge in [-0.05, 0) is 42.5 Å². The van der Waals surface area contributed by atoms with E-state index in [0.717, 1.165) is 21.1 Å². The SMILES string of the molecule is O=c1c2ccccc2n2c3cc4sc5ccccc5c4cc3c(=O)c3cccc1c32. The van der Waals surface area contributed by atoms with Gasteiger partial charge in [-0.15, -0.1) is 11.3 Å². The molecule has 3 nitrogen and oxygen atoms in total. The van der Waals surface area contributed by atoms with Gasteiger partial charge >= 0.3 is 0 Å². The highest BCUT2D eigenvalue weighted by atomic mass is 32.1. The van der Waals surface area contributed by atoms with Crippen LogP contribution in [0.1, 0.15) is 0 Å². The van der Waals surface area contributed by atoms with Gasteiger partial charge in [0.2, 0.25) is 0 Å². The first-order valence-electron chi connectivity index (χ1n) is 9.79. The van der Waals surface area contributed by atoms with Crippen LogP contribution in [-0.4, -0.2) is 4.40 Å². The second-order valence-electron chi connectivity index (χ2n) is 7.68. The summed E-state index contributed by atoms with van der Waals surface area (Å²) >= 11 is 1.73. The third-order valence-corrected chi connectivity index (χ3v) is 7.25. The molecule has 30 heavy (non-hydrogen) atoms. The van der Waals surface area contributed by atoms with Crippen molar-refractivity contribution >= 4 is 69.6 Å². The molecule has 0 saturated heterocycles. The van der Waals surface area contributed by atoms with Gasteiger partial charge in [0.15, 0.2) is 10.9 Å². The maximum absolute atomic E-state index is 13.5. The number of hydrogen-bond acceptors (Lipinski definition) is 3. The van der Waals surface area contributed by atoms with E-state index in [1.165, 1.54) is 10.1 Å². The van der Waals surface area contributed by atoms with Crippen LogP contribution in [0.5, 0.6) is 0 Å². The predicted octanol–water partition coefficient (Wildman–Crippen LogP) is 5.93. The fourth-order valence-corrected chi connectivity index (χ4v) is 5.92. The molecule has 0 fully saturated rings. The van der Waals surface area contributed by atoms with E-state index in [-0.39, 0.29) is 10.9 Å². The highest BCUT2D eigenvalue weighted by Gasteiger charge is 2.18. The lowest BCUT2D eigenvalue weighted by atomic mass is 10.0. The zero-order valence-corrected chi connectivity index (χ0v) is 16.5. The fraction of sp³-hybridized carbons (Fsp3) is 0. The van der Waals surface area contributed by atoms with Gasteiger partial charge in [0.05, 0.1) is 16.6 Å². The van der Waals surface area contributed by atoms with Gasteiger partial charge in [0.1, 0.15) is 0 Å². The van der Waals surface area contributed by atoms with Crippen molar-refractivity contribution in [2.45, 2.75) is 0 Å². The smallest absolute Gasteiger partial charge is 0.197 e. The molecule has 0 amide bonds. The molecular formula is C26H13NO2S. The molecule has 7 aromatic rings. The van der Waals surface area contributed by atoms with Crippen molar-refractivity contribution in [1.82, 2.24) is 4.40 Å². The molecule has 0 aliphatic carbocycles. The van der Waals surface area contributed by atoms with E-state index in [1.807, 2.05) is 54.6 Å². The highest BCUT2D eigenvalue weighted by molar-refractivity contribution is 7.25. The summed E-state index contributed by atoms with van der Waals surface area (Å²) < 4.78 is 4.44. The molecule has 4 heteroatoms. The van der Waals surface area contributed by atoms with Gasteiger partial charge in [0.25, 0.3) is 0 Å². The molecule has 0 N–H and O–H groups in total. The second-order valence-corrected chi connectivity index (χ2v) is 8.76. The lowest BCUT2D eigenvalue weighted by molar-refractivity contribution is 1.31. The molecule has 0 spiro atoms. The van der Waals surface area contributed by atoms with Crippen LogP contribution in [0, 0.1) is 0 Å². The number of benzene rings is 4. The van der Waals surface area contributed by atoms with Crippen LogP contribution >= 0.6 is 11.3 Å². The topological polar surface area (TPSA) is 38.5 Å². The summed E-state index contributed by atoms with van der Waals surface area (Å²) in [7, 11) is 0. The molecular weight excluding hydrogens is 390 g/mol. The van der Waals surface area contributed by atoms with Gasteiger partial charge in [0, 0.05) is 41.7 Å². The Morgan fingerprint density at radius 2 is 1.20 bits per heavy atom. The number of aromatic nitrogens is 1. The molecule has 0 bridgehead atoms. The first-order chi connectivity index (χ1) is 14.7. The normalized spacial score (nSPS) is 12.3. The Kier molecular flexibility index (Phi) is 2.91. The number of pyridine rings is 2. The first-order valence-corrected chi connectivity index (χ1v) is 10.6. The van der Waals surface area contributed by atoms with Crippen molar-refractivity contribution in [3.05, 3.63) is 99.3 Å². The minimum Gasteiger partial charge on any atom is -0.307 e. The maximum atomic E-state index is 13.5. The Labute approximate surface area is 173 Å². The highest BCUT2D eigenvalue weighted by Crippen LogP contribution is 2.37. The van der Waals surface area contributed by atoms with E-state index in [0.29, 0.717) is 27.1 Å². The zero-order chi connectivity index (χ0) is 20.0. The van der Waals surface area contributed by atoms with Crippen molar-refractivity contribution in [2.75, 3.05) is 0 Å². The molecule has 3 heterocycles. The number of nitrogens with zero attached hydrogens (tertiary/aromatic N) is 1. The predicted molar refractivity (Wildman–Crippen MR) is 127 cm³/mol. The minimum atomic E-state index is -0.0297. The number of fused-ring (bicyclic) bond motifs is 7. The van der Waals surface area contributed by atoms with Crippen LogP contribution in [0.2, 0.25) is 0 Å². The van der Waals surface area contributed by atoms with Gasteiger partial charge in [-0.25, -0.2) is 0 Å². The number of thiophene rings is 1. The van der Waals surface area contributed by atoms with Crippen molar-refractivity contribution in [1.29, 1.82) is 0 Å². The standard InChI is InChI=1S/C26H13NO2S/c28-25-15-7-1-3-10-20(15)27-21-13-23-18(14-6-2-4-11-22(14)30-23)12-19(21)26(29)17-9-5-8-16(25)24(17)27/h1-13H. The van der Waals surface area contributed by atoms with Crippen LogP contribution in [0.3, 0.4) is 0 Å². The van der Waals surface area contributed by atoms with Crippen LogP contribution in [-0.2, 0) is 0 Å². The zero-order valence-electron chi connectivity index (χ0n) is 15.7. The molecule has 7 rings (SSSR count). The Morgan fingerprint density at radius 3 is 2.03 bits per heavy atom. The third-order valence-electron chi connectivity index (χ3n) is 6.12. The van der Waals surface area contributed by atoms with Crippen LogP contribution in [0.15, 0.2) is 88.5 Å². The molecule has 3 aromatic heterocycles. The monoisotopic (exact) mass is 403 g/mol. The number of hydrogen-bond donors (Lipinski definition) is 0. The van der Waals surface area contributed by atoms with Crippen molar-refractivity contribution in [2.24, 2.45) is 0 Å². The number of para-hydroxylation sites is 2. The summed E-state index contributed by atoms with van der Waals surface area (Å²) in [6.45, 7) is 0. The maximum Gasteiger partial charge on any atom is 0.197 e. The average molecular weight is 403 g/mol. The van der Waals surface area contributed by atoms with Crippen LogP contribution < -0.4 is 10.9 Å². The van der Waals surface area contributed by atoms with Gasteiger partial charge in [-0.3, -0.25) is 9.59 Å². The van der Waals surface area contributed by atoms with Gasteiger partial charge < -0.3 is 4.40 Å². The lowest BCUT2D eigenvalue weighted by Crippen LogP contribution is -2.13. The first kappa shape index (κ1) is 16.1. The summed E-state index contributed by atoms with van der Waals surface area (Å²) in [5, 5.41) is 4.78. The average Bonchev–Trinajstić information content (AvgIpc) is 3.15. The van der Waals surface area contributed by atoms with Gasteiger partial charge in [-0.1, -0.05) is 36.4 Å². The molecule has 0 aliphatic heterocycles. The lowest BCUT2D eigenvalue weighted by Gasteiger charge is -2.14. The summed E-state index contributed by atoms with van der Waals surface area (Å²) in [5.41, 5.74) is 2.33. The van der Waals surface area contributed by atoms with Crippen LogP contribution in [0.25, 0.3) is 58.3 Å². The van der Waals surface area contributed by atoms with Crippen molar-refractivity contribution < 1.29 is 0 Å². The summed E-state index contributed by atoms with van der Waals surface area (Å²) in [6.07, 6.45) is 0. The molecule has 140 valence electrons. The Hall–Kier alpha value is -3.76. The summed E-state index contributed by atoms with van der Waals surface area (Å²) in [6, 6.07) is 25.5. The van der Waals surface area contributed by atoms with Crippen molar-refractivity contribution in [3.8, 4) is 0 Å². The summed E-state index contributed by atoms with van der Waals surface area (Å²) in [4.78, 5) is 26.7. The molecule has 0 atom stereocenters. The molecule has 0 unspecified atom stereocenters. The Bertz CT molecular complexity index is 1950. The van der Waals surface area contributed by atoms with E-state index in [9.17, 15) is 9.59 Å². The van der Waals surface area contributed by atoms with E-state index < -0.39 is 0 Å². The van der Waals surface area contributed by atoms with Crippen molar-refractivity contribution in [3.63, 3.8) is 0 Å². The molecule has 0 aliphatic rings. The minimum absolute atomic E-state index is 0.0255. The molecule has 0 saturated carbocycles. The van der Waals surface area contributed by atoms with E-state index in [2.05, 4.69) is 22.6 Å². The summed E-state index contributed by atoms with van der Waals surface area (Å²) in [5.74, 6) is 0. The largest absolute Gasteiger partial charge is 0.307 e. The molecule has 0 radical (unpaired) electrons. The van der Waals surface area contributed by atoms with E-state index >= 15 is 0 Å².